The van der Waals surface area contributed by atoms with E-state index in [1.54, 1.807) is 39.0 Å². The van der Waals surface area contributed by atoms with Crippen LogP contribution in [0.5, 0.6) is 0 Å². The molecule has 6 N–H and O–H groups in total. The van der Waals surface area contributed by atoms with Crippen LogP contribution in [0.1, 0.15) is 23.2 Å². The quantitative estimate of drug-likeness (QED) is 0.0426. The predicted molar refractivity (Wildman–Crippen MR) is 330 cm³/mol. The van der Waals surface area contributed by atoms with Crippen molar-refractivity contribution in [3.63, 3.8) is 0 Å². The maximum atomic E-state index is 13.8. The van der Waals surface area contributed by atoms with Gasteiger partial charge in [0.25, 0.3) is 11.8 Å². The topological polar surface area (TPSA) is 380 Å². The van der Waals surface area contributed by atoms with E-state index in [1.807, 2.05) is 4.90 Å². The first-order chi connectivity index (χ1) is 45.5. The van der Waals surface area contributed by atoms with Crippen molar-refractivity contribution in [1.82, 2.24) is 40.1 Å². The van der Waals surface area contributed by atoms with Crippen molar-refractivity contribution in [2.45, 2.75) is 24.8 Å². The summed E-state index contributed by atoms with van der Waals surface area (Å²) in [4.78, 5) is 97.6. The van der Waals surface area contributed by atoms with Crippen LogP contribution in [0.4, 0.5) is 14.5 Å². The Morgan fingerprint density at radius 2 is 0.883 bits per heavy atom. The highest BCUT2D eigenvalue weighted by Crippen LogP contribution is 2.32. The number of hydrogen-bond acceptors (Lipinski definition) is 25. The first kappa shape index (κ1) is 80.1. The Kier molecular flexibility index (Phi) is 41.9. The fourth-order valence-electron chi connectivity index (χ4n) is 9.23. The minimum absolute atomic E-state index is 0.0160. The fraction of sp³-hybridized carbons (Fsp3) is 0.717. The molecule has 0 saturated carbocycles. The molecule has 94 heavy (non-hydrogen) atoms. The molecule has 1 aromatic carbocycles. The first-order valence-electron chi connectivity index (χ1n) is 31.3. The van der Waals surface area contributed by atoms with Crippen LogP contribution in [0.3, 0.4) is 0 Å². The molecule has 0 bridgehead atoms. The number of halogens is 2. The molecule has 32 nitrogen and oxygen atoms in total. The second-order valence-corrected chi connectivity index (χ2v) is 21.3. The number of amides is 4. The molecule has 530 valence electrons. The van der Waals surface area contributed by atoms with E-state index in [0.717, 1.165) is 4.90 Å². The molecule has 34 heteroatoms. The number of pyridine rings is 1. The average molecular weight is 1350 g/mol. The summed E-state index contributed by atoms with van der Waals surface area (Å²) < 4.78 is 93.9. The maximum Gasteiger partial charge on any atom is 0.317 e. The molecular weight excluding hydrogens is 1250 g/mol. The summed E-state index contributed by atoms with van der Waals surface area (Å²) in [7, 11) is 0. The number of alkyl halides is 2. The van der Waals surface area contributed by atoms with Crippen LogP contribution in [-0.2, 0) is 85.6 Å². The number of fused-ring (bicyclic) bond motifs is 1. The smallest absolute Gasteiger partial charge is 0.317 e. The van der Waals surface area contributed by atoms with E-state index >= 15 is 0 Å². The van der Waals surface area contributed by atoms with Gasteiger partial charge >= 0.3 is 17.9 Å². The van der Waals surface area contributed by atoms with Gasteiger partial charge in [0.2, 0.25) is 17.7 Å². The largest absolute Gasteiger partial charge is 0.480 e. The molecule has 0 unspecified atom stereocenters. The maximum absolute atomic E-state index is 13.8. The minimum atomic E-state index is -3.18. The number of anilines is 1. The molecule has 0 aliphatic carbocycles. The number of carbonyl (C=O) groups is 7. The average Bonchev–Trinajstić information content (AvgIpc) is 1.05. The van der Waals surface area contributed by atoms with Crippen LogP contribution in [0, 0.1) is 11.3 Å². The van der Waals surface area contributed by atoms with E-state index in [-0.39, 0.29) is 89.4 Å². The number of ether oxygens (including phenoxy) is 12. The Balaban J connectivity index is 0.834. The van der Waals surface area contributed by atoms with Crippen LogP contribution in [-0.4, -0.2) is 355 Å². The highest BCUT2D eigenvalue weighted by molar-refractivity contribution is 6.10. The molecule has 2 fully saturated rings. The van der Waals surface area contributed by atoms with Gasteiger partial charge in [-0.25, -0.2) is 8.78 Å². The molecule has 4 rings (SSSR count). The van der Waals surface area contributed by atoms with E-state index in [9.17, 15) is 62.9 Å². The van der Waals surface area contributed by atoms with Crippen LogP contribution < -0.4 is 16.0 Å². The monoisotopic (exact) mass is 1340 g/mol. The number of aliphatic carboxylic acids is 3. The van der Waals surface area contributed by atoms with Crippen LogP contribution in [0.15, 0.2) is 30.5 Å². The van der Waals surface area contributed by atoms with Crippen molar-refractivity contribution >= 4 is 58.1 Å². The number of nitriles is 1. The lowest BCUT2D eigenvalue weighted by Crippen LogP contribution is -2.50. The number of carboxylic acids is 3. The molecule has 1 aromatic heterocycles. The lowest BCUT2D eigenvalue weighted by Gasteiger charge is -2.32. The zero-order valence-corrected chi connectivity index (χ0v) is 53.4. The number of aromatic nitrogens is 1. The summed E-state index contributed by atoms with van der Waals surface area (Å²) in [6.07, 6.45) is 0.647. The van der Waals surface area contributed by atoms with Gasteiger partial charge in [-0.1, -0.05) is 12.1 Å². The summed E-state index contributed by atoms with van der Waals surface area (Å²) in [5, 5.41) is 45.8. The Hall–Kier alpha value is -6.37. The van der Waals surface area contributed by atoms with Crippen molar-refractivity contribution < 1.29 is 115 Å². The second kappa shape index (κ2) is 49.2. The Bertz CT molecular complexity index is 2530. The fourth-order valence-corrected chi connectivity index (χ4v) is 9.23. The number of carboxylic acid groups (broad SMARTS) is 3. The number of nitrogens with zero attached hydrogens (tertiary/aromatic N) is 7. The molecule has 2 aliphatic rings. The molecule has 4 amide bonds. The van der Waals surface area contributed by atoms with Gasteiger partial charge < -0.3 is 93.0 Å². The highest BCUT2D eigenvalue weighted by Gasteiger charge is 2.47. The van der Waals surface area contributed by atoms with Gasteiger partial charge in [0.1, 0.15) is 6.04 Å². The molecule has 1 atom stereocenters. The second-order valence-electron chi connectivity index (χ2n) is 21.3. The van der Waals surface area contributed by atoms with Crippen molar-refractivity contribution in [1.29, 1.82) is 5.26 Å². The Morgan fingerprint density at radius 3 is 1.27 bits per heavy atom. The predicted octanol–water partition coefficient (Wildman–Crippen LogP) is -1.16. The molecule has 0 radical (unpaired) electrons. The normalized spacial score (nSPS) is 16.1. The zero-order chi connectivity index (χ0) is 67.9. The van der Waals surface area contributed by atoms with Gasteiger partial charge in [0, 0.05) is 76.9 Å². The highest BCUT2D eigenvalue weighted by atomic mass is 19.3. The third-order valence-electron chi connectivity index (χ3n) is 13.9. The standard InChI is InChI=1S/C60H94F2N10O22/c61-60(62)40-48(41-63)72(47-60)54(75)42-66-59(82)50-4-6-65-58-49(50)2-1-3-51(58)67-52(73)5-16-83-18-20-85-22-24-87-26-28-89-30-32-91-34-36-93-38-39-94-37-35-92-33-31-90-29-27-88-25-23-86-21-19-84-17-7-64-53(74)43-68-8-10-69(44-55(76)77)12-14-71(46-57(80)81)15-13-70(11-9-68)45-56(78)79/h1-4,6,48H,5,7-40,42-47H2,(H,64,74)(H,66,82)(H,67,73)(H,76,77)(H,78,79)(H,80,81)/t48-/m0/s1. The lowest BCUT2D eigenvalue weighted by molar-refractivity contribution is -0.140. The third-order valence-corrected chi connectivity index (χ3v) is 13.9. The summed E-state index contributed by atoms with van der Waals surface area (Å²) in [6, 6.07) is 6.72. The van der Waals surface area contributed by atoms with Crippen molar-refractivity contribution in [3.05, 3.63) is 36.0 Å². The van der Waals surface area contributed by atoms with Crippen molar-refractivity contribution in [2.75, 3.05) is 262 Å². The molecule has 2 aromatic rings. The summed E-state index contributed by atoms with van der Waals surface area (Å²) in [5.74, 6) is -8.33. The van der Waals surface area contributed by atoms with Crippen LogP contribution in [0.2, 0.25) is 0 Å². The molecule has 3 heterocycles. The summed E-state index contributed by atoms with van der Waals surface area (Å²) in [5.41, 5.74) is 0.827. The van der Waals surface area contributed by atoms with E-state index < -0.39 is 61.2 Å². The van der Waals surface area contributed by atoms with Crippen LogP contribution >= 0.6 is 0 Å². The van der Waals surface area contributed by atoms with Gasteiger partial charge in [-0.05, 0) is 12.1 Å². The van der Waals surface area contributed by atoms with Gasteiger partial charge in [-0.2, -0.15) is 5.26 Å². The number of para-hydroxylation sites is 1. The summed E-state index contributed by atoms with van der Waals surface area (Å²) >= 11 is 0. The van der Waals surface area contributed by atoms with Gasteiger partial charge in [-0.3, -0.25) is 58.1 Å². The van der Waals surface area contributed by atoms with E-state index in [2.05, 4.69) is 20.9 Å². The molecular formula is C60H94F2N10O22. The van der Waals surface area contributed by atoms with E-state index in [0.29, 0.717) is 195 Å². The van der Waals surface area contributed by atoms with Gasteiger partial charge in [0.05, 0.1) is 227 Å². The van der Waals surface area contributed by atoms with Crippen LogP contribution in [0.25, 0.3) is 10.9 Å². The number of nitrogens with one attached hydrogen (secondary N) is 3. The van der Waals surface area contributed by atoms with Crippen molar-refractivity contribution in [3.8, 4) is 6.07 Å². The number of hydrogen-bond donors (Lipinski definition) is 6. The van der Waals surface area contributed by atoms with Gasteiger partial charge in [-0.15, -0.1) is 0 Å². The summed E-state index contributed by atoms with van der Waals surface area (Å²) in [6.45, 7) is 9.34. The lowest BCUT2D eigenvalue weighted by atomic mass is 10.1. The number of likely N-dealkylation sites (tertiary alicyclic amines) is 1. The number of carbonyl (C=O) groups excluding carboxylic acids is 4. The Labute approximate surface area is 545 Å². The first-order valence-corrected chi connectivity index (χ1v) is 31.3. The van der Waals surface area contributed by atoms with Gasteiger partial charge in [0.15, 0.2) is 0 Å². The minimum Gasteiger partial charge on any atom is -0.480 e. The number of rotatable bonds is 51. The number of benzene rings is 1. The zero-order valence-electron chi connectivity index (χ0n) is 53.4. The van der Waals surface area contributed by atoms with E-state index in [4.69, 9.17) is 56.8 Å². The third kappa shape index (κ3) is 37.1. The molecule has 0 spiro atoms. The molecule has 2 aliphatic heterocycles. The van der Waals surface area contributed by atoms with E-state index in [1.165, 1.54) is 12.3 Å². The SMILES string of the molecule is N#C[C@@H]1CC(F)(F)CN1C(=O)CNC(=O)c1ccnc2c(NC(=O)CCOCCOCCOCCOCCOCCOCCOCCOCCOCCOCCOCCOCCNC(=O)CN3CCN(CC(=O)O)CCN(CC(=O)O)CCN(CC(=O)O)CC3)cccc12. The van der Waals surface area contributed by atoms with Crippen molar-refractivity contribution in [2.24, 2.45) is 0 Å². The molecule has 2 saturated heterocycles. The Morgan fingerprint density at radius 1 is 0.511 bits per heavy atom.